The Hall–Kier alpha value is -2.46. The second-order valence-corrected chi connectivity index (χ2v) is 7.02. The van der Waals surface area contributed by atoms with Crippen LogP contribution in [0.3, 0.4) is 0 Å². The van der Waals surface area contributed by atoms with E-state index in [1.165, 1.54) is 19.4 Å². The number of ether oxygens (including phenoxy) is 2. The van der Waals surface area contributed by atoms with Crippen LogP contribution in [0.25, 0.3) is 16.8 Å². The third-order valence-corrected chi connectivity index (χ3v) is 5.43. The molecule has 1 N–H and O–H groups in total. The molecule has 2 heterocycles. The van der Waals surface area contributed by atoms with Gasteiger partial charge in [-0.1, -0.05) is 0 Å². The Bertz CT molecular complexity index is 1030. The Kier molecular flexibility index (Phi) is 5.76. The SMILES string of the molecule is C=C([CH]=[W])CNc1cc(C)nc2c(-c3ccc(OC)c(OC)c3)c(C)nn12. The summed E-state index contributed by atoms with van der Waals surface area (Å²) in [5.41, 5.74) is 5.64. The average molecular weight is 534 g/mol. The predicted molar refractivity (Wildman–Crippen MR) is 105 cm³/mol. The summed E-state index contributed by atoms with van der Waals surface area (Å²) in [6.07, 6.45) is 0. The van der Waals surface area contributed by atoms with E-state index in [2.05, 4.69) is 16.3 Å². The molecule has 0 spiro atoms. The summed E-state index contributed by atoms with van der Waals surface area (Å²) in [6.45, 7) is 8.67. The molecule has 0 aliphatic heterocycles. The van der Waals surface area contributed by atoms with Gasteiger partial charge in [-0.2, -0.15) is 0 Å². The van der Waals surface area contributed by atoms with Gasteiger partial charge in [0, 0.05) is 0 Å². The van der Waals surface area contributed by atoms with Gasteiger partial charge in [0.2, 0.25) is 0 Å². The Morgan fingerprint density at radius 2 is 1.96 bits per heavy atom. The van der Waals surface area contributed by atoms with E-state index in [9.17, 15) is 0 Å². The number of fused-ring (bicyclic) bond motifs is 1. The summed E-state index contributed by atoms with van der Waals surface area (Å²) in [5, 5.41) is 8.13. The van der Waals surface area contributed by atoms with Crippen molar-refractivity contribution in [3.05, 3.63) is 47.8 Å². The molecule has 6 nitrogen and oxygen atoms in total. The molecule has 0 saturated heterocycles. The molecule has 0 bridgehead atoms. The number of nitrogens with one attached hydrogen (secondary N) is 1. The van der Waals surface area contributed by atoms with Gasteiger partial charge in [0.15, 0.2) is 0 Å². The zero-order valence-corrected chi connectivity index (χ0v) is 18.8. The summed E-state index contributed by atoms with van der Waals surface area (Å²) in [4.78, 5) is 4.74. The van der Waals surface area contributed by atoms with Gasteiger partial charge < -0.3 is 4.74 Å². The standard InChI is InChI=1S/C20H22N4O2.W/c1-12(2)11-21-18-9-13(3)22-20-19(14(4)23-24(18)20)15-7-8-16(25-5)17(10-15)26-6;/h1,7-10,21H,2,11H2,3-6H3;. The van der Waals surface area contributed by atoms with E-state index in [4.69, 9.17) is 19.6 Å². The van der Waals surface area contributed by atoms with Crippen LogP contribution in [-0.4, -0.2) is 39.8 Å². The van der Waals surface area contributed by atoms with Crippen molar-refractivity contribution >= 4 is 15.9 Å². The van der Waals surface area contributed by atoms with Gasteiger partial charge in [-0.15, -0.1) is 0 Å². The molecular formula is C20H22N4O2W. The van der Waals surface area contributed by atoms with E-state index < -0.39 is 0 Å². The van der Waals surface area contributed by atoms with Crippen molar-refractivity contribution in [2.75, 3.05) is 26.1 Å². The topological polar surface area (TPSA) is 60.7 Å². The van der Waals surface area contributed by atoms with E-state index in [1.54, 1.807) is 14.2 Å². The molecular weight excluding hydrogens is 512 g/mol. The number of methoxy groups -OCH3 is 2. The number of hydrogen-bond donors (Lipinski definition) is 1. The van der Waals surface area contributed by atoms with Crippen LogP contribution in [0.1, 0.15) is 11.4 Å². The van der Waals surface area contributed by atoms with Gasteiger partial charge in [-0.05, 0) is 0 Å². The van der Waals surface area contributed by atoms with Crippen molar-refractivity contribution in [1.82, 2.24) is 14.6 Å². The van der Waals surface area contributed by atoms with Crippen LogP contribution < -0.4 is 14.8 Å². The summed E-state index contributed by atoms with van der Waals surface area (Å²) in [7, 11) is 3.26. The number of anilines is 1. The van der Waals surface area contributed by atoms with Crippen LogP contribution in [0.4, 0.5) is 5.82 Å². The minimum absolute atomic E-state index is 0.673. The number of hydrogen-bond acceptors (Lipinski definition) is 5. The van der Waals surface area contributed by atoms with Crippen molar-refractivity contribution in [3.63, 3.8) is 0 Å². The Balaban J connectivity index is 2.15. The second-order valence-electron chi connectivity index (χ2n) is 6.18. The maximum atomic E-state index is 5.46. The van der Waals surface area contributed by atoms with E-state index in [0.717, 1.165) is 39.6 Å². The van der Waals surface area contributed by atoms with Crippen molar-refractivity contribution in [2.24, 2.45) is 0 Å². The van der Waals surface area contributed by atoms with Crippen molar-refractivity contribution < 1.29 is 28.8 Å². The number of rotatable bonds is 7. The Labute approximate surface area is 169 Å². The zero-order chi connectivity index (χ0) is 19.6. The van der Waals surface area contributed by atoms with Crippen LogP contribution in [0.2, 0.25) is 0 Å². The monoisotopic (exact) mass is 534 g/mol. The number of aromatic nitrogens is 3. The fourth-order valence-electron chi connectivity index (χ4n) is 2.95. The molecule has 3 aromatic rings. The molecule has 0 unspecified atom stereocenters. The van der Waals surface area contributed by atoms with Gasteiger partial charge in [-0.3, -0.25) is 0 Å². The summed E-state index contributed by atoms with van der Waals surface area (Å²) < 4.78 is 14.7. The minimum atomic E-state index is 0.673. The number of benzene rings is 1. The van der Waals surface area contributed by atoms with Crippen LogP contribution in [0, 0.1) is 13.8 Å². The first-order valence-electron chi connectivity index (χ1n) is 8.44. The Morgan fingerprint density at radius 1 is 1.22 bits per heavy atom. The third kappa shape index (κ3) is 3.81. The average Bonchev–Trinajstić information content (AvgIpc) is 3.00. The molecule has 3 rings (SSSR count). The first-order chi connectivity index (χ1) is 13.0. The van der Waals surface area contributed by atoms with Crippen molar-refractivity contribution in [2.45, 2.75) is 13.8 Å². The van der Waals surface area contributed by atoms with Crippen LogP contribution in [-0.2, 0) is 19.4 Å². The molecule has 0 saturated carbocycles. The fourth-order valence-corrected chi connectivity index (χ4v) is 3.25. The summed E-state index contributed by atoms with van der Waals surface area (Å²) in [5.74, 6) is 2.26. The zero-order valence-electron chi connectivity index (χ0n) is 15.9. The first-order valence-corrected chi connectivity index (χ1v) is 10.1. The van der Waals surface area contributed by atoms with Gasteiger partial charge in [0.1, 0.15) is 0 Å². The summed E-state index contributed by atoms with van der Waals surface area (Å²) >= 11 is 1.39. The van der Waals surface area contributed by atoms with Gasteiger partial charge in [0.25, 0.3) is 0 Å². The van der Waals surface area contributed by atoms with Crippen LogP contribution >= 0.6 is 0 Å². The quantitative estimate of drug-likeness (QED) is 0.504. The molecule has 0 atom stereocenters. The molecule has 140 valence electrons. The summed E-state index contributed by atoms with van der Waals surface area (Å²) in [6, 6.07) is 7.85. The van der Waals surface area contributed by atoms with Gasteiger partial charge >= 0.3 is 151 Å². The van der Waals surface area contributed by atoms with Gasteiger partial charge in [-0.25, -0.2) is 0 Å². The molecule has 7 heteroatoms. The van der Waals surface area contributed by atoms with E-state index >= 15 is 0 Å². The molecule has 0 amide bonds. The molecule has 0 aliphatic rings. The number of aryl methyl sites for hydroxylation is 2. The van der Waals surface area contributed by atoms with E-state index in [0.29, 0.717) is 18.0 Å². The van der Waals surface area contributed by atoms with E-state index in [-0.39, 0.29) is 0 Å². The molecule has 1 aromatic carbocycles. The van der Waals surface area contributed by atoms with E-state index in [1.807, 2.05) is 42.6 Å². The molecule has 0 radical (unpaired) electrons. The van der Waals surface area contributed by atoms with Crippen LogP contribution in [0.5, 0.6) is 11.5 Å². The van der Waals surface area contributed by atoms with Crippen LogP contribution in [0.15, 0.2) is 36.4 Å². The first kappa shape index (κ1) is 19.3. The van der Waals surface area contributed by atoms with Crippen molar-refractivity contribution in [3.8, 4) is 22.6 Å². The fraction of sp³-hybridized carbons (Fsp3) is 0.250. The molecule has 27 heavy (non-hydrogen) atoms. The maximum absolute atomic E-state index is 5.46. The normalized spacial score (nSPS) is 10.7. The van der Waals surface area contributed by atoms with Gasteiger partial charge in [0.05, 0.1) is 14.2 Å². The Morgan fingerprint density at radius 3 is 2.63 bits per heavy atom. The second kappa shape index (κ2) is 8.05. The van der Waals surface area contributed by atoms with Crippen molar-refractivity contribution in [1.29, 1.82) is 0 Å². The molecule has 0 fully saturated rings. The number of nitrogens with zero attached hydrogens (tertiary/aromatic N) is 3. The third-order valence-electron chi connectivity index (χ3n) is 4.23. The molecule has 0 aliphatic carbocycles. The predicted octanol–water partition coefficient (Wildman–Crippen LogP) is 3.35. The molecule has 2 aromatic heterocycles.